The molecule has 3 aromatic rings. The number of fused-ring (bicyclic) bond motifs is 1. The molecule has 6 heteroatoms. The zero-order valence-electron chi connectivity index (χ0n) is 16.6. The minimum absolute atomic E-state index is 0.332. The van der Waals surface area contributed by atoms with E-state index in [9.17, 15) is 4.79 Å². The molecule has 2 aromatic heterocycles. The first-order valence-electron chi connectivity index (χ1n) is 9.13. The molecule has 0 saturated heterocycles. The van der Waals surface area contributed by atoms with Crippen molar-refractivity contribution in [3.8, 4) is 5.75 Å². The number of ether oxygens (including phenoxy) is 2. The third-order valence-corrected chi connectivity index (χ3v) is 4.05. The molecule has 0 aliphatic heterocycles. The van der Waals surface area contributed by atoms with E-state index in [1.807, 2.05) is 54.9 Å². The van der Waals surface area contributed by atoms with E-state index in [1.165, 1.54) is 0 Å². The molecule has 0 radical (unpaired) electrons. The number of nitrogens with one attached hydrogen (secondary N) is 1. The zero-order chi connectivity index (χ0) is 19.8. The number of methoxy groups -OCH3 is 1. The molecule has 0 amide bonds. The molecule has 0 atom stereocenters. The minimum Gasteiger partial charge on any atom is -0.497 e. The zero-order valence-corrected chi connectivity index (χ0v) is 16.6. The van der Waals surface area contributed by atoms with Crippen LogP contribution in [0.15, 0.2) is 42.7 Å². The van der Waals surface area contributed by atoms with Gasteiger partial charge in [-0.3, -0.25) is 0 Å². The number of aromatic nitrogens is 2. The number of pyridine rings is 1. The summed E-state index contributed by atoms with van der Waals surface area (Å²) in [5.41, 5.74) is 3.13. The predicted octanol–water partition coefficient (Wildman–Crippen LogP) is 4.34. The highest BCUT2D eigenvalue weighted by Crippen LogP contribution is 2.27. The van der Waals surface area contributed by atoms with Gasteiger partial charge in [-0.05, 0) is 30.7 Å². The number of carbonyl (C=O) groups excluding carboxylic acids is 1. The van der Waals surface area contributed by atoms with Crippen molar-refractivity contribution in [2.75, 3.05) is 26.1 Å². The Morgan fingerprint density at radius 1 is 1.19 bits per heavy atom. The van der Waals surface area contributed by atoms with Gasteiger partial charge in [-0.15, -0.1) is 0 Å². The molecule has 3 rings (SSSR count). The second-order valence-electron chi connectivity index (χ2n) is 5.55. The van der Waals surface area contributed by atoms with Crippen molar-refractivity contribution in [2.24, 2.45) is 0 Å². The molecular formula is C21H27N3O3. The van der Waals surface area contributed by atoms with Crippen LogP contribution in [0.4, 0.5) is 5.69 Å². The van der Waals surface area contributed by atoms with Gasteiger partial charge < -0.3 is 19.4 Å². The van der Waals surface area contributed by atoms with Gasteiger partial charge in [0, 0.05) is 31.4 Å². The maximum Gasteiger partial charge on any atom is 0.341 e. The van der Waals surface area contributed by atoms with Gasteiger partial charge in [0.15, 0.2) is 0 Å². The van der Waals surface area contributed by atoms with Crippen LogP contribution in [-0.2, 0) is 11.3 Å². The number of esters is 1. The first-order valence-corrected chi connectivity index (χ1v) is 9.13. The summed E-state index contributed by atoms with van der Waals surface area (Å²) in [4.78, 5) is 16.6. The van der Waals surface area contributed by atoms with Crippen LogP contribution >= 0.6 is 0 Å². The summed E-state index contributed by atoms with van der Waals surface area (Å²) in [6.07, 6.45) is 3.54. The number of benzene rings is 1. The minimum atomic E-state index is -0.371. The predicted molar refractivity (Wildman–Crippen MR) is 109 cm³/mol. The van der Waals surface area contributed by atoms with Crippen LogP contribution in [0.1, 0.15) is 36.7 Å². The largest absolute Gasteiger partial charge is 0.497 e. The summed E-state index contributed by atoms with van der Waals surface area (Å²) in [5.74, 6) is 0.458. The first kappa shape index (κ1) is 20.3. The number of carbonyl (C=O) groups is 1. The summed E-state index contributed by atoms with van der Waals surface area (Å²) in [6, 6.07) is 9.88. The van der Waals surface area contributed by atoms with Gasteiger partial charge in [-0.25, -0.2) is 9.78 Å². The molecule has 0 spiro atoms. The van der Waals surface area contributed by atoms with Gasteiger partial charge in [0.2, 0.25) is 0 Å². The summed E-state index contributed by atoms with van der Waals surface area (Å²) < 4.78 is 12.3. The van der Waals surface area contributed by atoms with E-state index in [0.717, 1.165) is 28.0 Å². The Labute approximate surface area is 160 Å². The Kier molecular flexibility index (Phi) is 7.23. The smallest absolute Gasteiger partial charge is 0.341 e. The standard InChI is InChI=1S/C19H21N3O3.C2H6/c1-4-25-19(23)16-11-21-18-15(17(16)20-2)9-10-22(18)12-13-5-7-14(24-3)8-6-13;1-2/h5-11H,4,12H2,1-3H3,(H,20,21);1-2H3. The van der Waals surface area contributed by atoms with Crippen LogP contribution in [-0.4, -0.2) is 36.3 Å². The lowest BCUT2D eigenvalue weighted by Gasteiger charge is -2.11. The van der Waals surface area contributed by atoms with Crippen molar-refractivity contribution < 1.29 is 14.3 Å². The van der Waals surface area contributed by atoms with Gasteiger partial charge in [-0.2, -0.15) is 0 Å². The Hall–Kier alpha value is -3.02. The summed E-state index contributed by atoms with van der Waals surface area (Å²) in [5, 5.41) is 3.99. The third kappa shape index (κ3) is 4.39. The molecular weight excluding hydrogens is 342 g/mol. The molecule has 0 saturated carbocycles. The number of anilines is 1. The lowest BCUT2D eigenvalue weighted by atomic mass is 10.2. The van der Waals surface area contributed by atoms with E-state index in [4.69, 9.17) is 9.47 Å². The maximum absolute atomic E-state index is 12.1. The van der Waals surface area contributed by atoms with Crippen molar-refractivity contribution >= 4 is 22.7 Å². The van der Waals surface area contributed by atoms with Gasteiger partial charge in [0.1, 0.15) is 17.0 Å². The van der Waals surface area contributed by atoms with Crippen LogP contribution in [0.25, 0.3) is 11.0 Å². The average Bonchev–Trinajstić information content (AvgIpc) is 3.12. The van der Waals surface area contributed by atoms with Crippen molar-refractivity contribution in [1.29, 1.82) is 0 Å². The van der Waals surface area contributed by atoms with E-state index < -0.39 is 0 Å². The molecule has 1 aromatic carbocycles. The highest BCUT2D eigenvalue weighted by molar-refractivity contribution is 6.04. The summed E-state index contributed by atoms with van der Waals surface area (Å²) in [6.45, 7) is 6.80. The van der Waals surface area contributed by atoms with E-state index in [1.54, 1.807) is 27.3 Å². The fourth-order valence-electron chi connectivity index (χ4n) is 2.83. The lowest BCUT2D eigenvalue weighted by Crippen LogP contribution is -2.09. The van der Waals surface area contributed by atoms with E-state index in [0.29, 0.717) is 18.7 Å². The van der Waals surface area contributed by atoms with Crippen LogP contribution in [0.5, 0.6) is 5.75 Å². The van der Waals surface area contributed by atoms with Crippen LogP contribution in [0, 0.1) is 0 Å². The first-order chi connectivity index (χ1) is 13.2. The SMILES string of the molecule is CC.CCOC(=O)c1cnc2c(ccn2Cc2ccc(OC)cc2)c1NC. The Morgan fingerprint density at radius 3 is 2.48 bits per heavy atom. The van der Waals surface area contributed by atoms with Crippen molar-refractivity contribution in [3.63, 3.8) is 0 Å². The number of nitrogens with zero attached hydrogens (tertiary/aromatic N) is 2. The average molecular weight is 369 g/mol. The molecule has 6 nitrogen and oxygen atoms in total. The molecule has 144 valence electrons. The fourth-order valence-corrected chi connectivity index (χ4v) is 2.83. The highest BCUT2D eigenvalue weighted by atomic mass is 16.5. The normalized spacial score (nSPS) is 10.1. The molecule has 27 heavy (non-hydrogen) atoms. The second-order valence-corrected chi connectivity index (χ2v) is 5.55. The Bertz CT molecular complexity index is 886. The van der Waals surface area contributed by atoms with Gasteiger partial charge in [0.05, 0.1) is 19.4 Å². The molecule has 0 unspecified atom stereocenters. The summed E-state index contributed by atoms with van der Waals surface area (Å²) in [7, 11) is 3.44. The van der Waals surface area contributed by atoms with Crippen molar-refractivity contribution in [1.82, 2.24) is 9.55 Å². The van der Waals surface area contributed by atoms with E-state index in [-0.39, 0.29) is 5.97 Å². The number of hydrogen-bond acceptors (Lipinski definition) is 5. The molecule has 2 heterocycles. The van der Waals surface area contributed by atoms with E-state index in [2.05, 4.69) is 10.3 Å². The monoisotopic (exact) mass is 369 g/mol. The maximum atomic E-state index is 12.1. The lowest BCUT2D eigenvalue weighted by molar-refractivity contribution is 0.0527. The molecule has 0 aliphatic carbocycles. The number of rotatable bonds is 6. The van der Waals surface area contributed by atoms with Gasteiger partial charge in [0.25, 0.3) is 0 Å². The fraction of sp³-hybridized carbons (Fsp3) is 0.333. The quantitative estimate of drug-likeness (QED) is 0.655. The van der Waals surface area contributed by atoms with Crippen LogP contribution in [0.3, 0.4) is 0 Å². The molecule has 1 N–H and O–H groups in total. The van der Waals surface area contributed by atoms with Crippen molar-refractivity contribution in [2.45, 2.75) is 27.3 Å². The highest BCUT2D eigenvalue weighted by Gasteiger charge is 2.17. The molecule has 0 aliphatic rings. The van der Waals surface area contributed by atoms with Crippen molar-refractivity contribution in [3.05, 3.63) is 53.9 Å². The second kappa shape index (κ2) is 9.62. The Balaban J connectivity index is 0.00000126. The van der Waals surface area contributed by atoms with Crippen LogP contribution in [0.2, 0.25) is 0 Å². The Morgan fingerprint density at radius 2 is 1.89 bits per heavy atom. The third-order valence-electron chi connectivity index (χ3n) is 4.05. The molecule has 0 bridgehead atoms. The molecule has 0 fully saturated rings. The van der Waals surface area contributed by atoms with Gasteiger partial charge in [-0.1, -0.05) is 26.0 Å². The topological polar surface area (TPSA) is 65.4 Å². The number of hydrogen-bond donors (Lipinski definition) is 1. The summed E-state index contributed by atoms with van der Waals surface area (Å²) >= 11 is 0. The van der Waals surface area contributed by atoms with Gasteiger partial charge >= 0.3 is 5.97 Å². The van der Waals surface area contributed by atoms with Crippen LogP contribution < -0.4 is 10.1 Å². The van der Waals surface area contributed by atoms with E-state index >= 15 is 0 Å².